The van der Waals surface area contributed by atoms with Crippen LogP contribution < -0.4 is 5.32 Å². The number of aryl methyl sites for hydroxylation is 3. The predicted octanol–water partition coefficient (Wildman–Crippen LogP) is 4.53. The molecule has 0 saturated carbocycles. The third-order valence-electron chi connectivity index (χ3n) is 5.45. The number of ether oxygens (including phenoxy) is 1. The molecule has 1 heterocycles. The van der Waals surface area contributed by atoms with Crippen molar-refractivity contribution < 1.29 is 14.3 Å². The van der Waals surface area contributed by atoms with Crippen molar-refractivity contribution in [3.05, 3.63) is 70.4 Å². The van der Waals surface area contributed by atoms with Crippen LogP contribution in [0.2, 0.25) is 0 Å². The molecular formula is C24H24N2O3. The van der Waals surface area contributed by atoms with Gasteiger partial charge in [0.15, 0.2) is 6.61 Å². The summed E-state index contributed by atoms with van der Waals surface area (Å²) >= 11 is 0. The number of pyridine rings is 1. The number of anilines is 1. The number of aromatic nitrogens is 1. The molecule has 0 spiro atoms. The van der Waals surface area contributed by atoms with Gasteiger partial charge in [0, 0.05) is 16.8 Å². The Morgan fingerprint density at radius 2 is 1.72 bits per heavy atom. The van der Waals surface area contributed by atoms with Gasteiger partial charge < -0.3 is 10.1 Å². The number of esters is 1. The summed E-state index contributed by atoms with van der Waals surface area (Å²) in [5, 5.41) is 3.64. The lowest BCUT2D eigenvalue weighted by atomic mass is 9.90. The van der Waals surface area contributed by atoms with Gasteiger partial charge in [-0.1, -0.05) is 36.4 Å². The van der Waals surface area contributed by atoms with Crippen molar-refractivity contribution in [2.75, 3.05) is 11.9 Å². The summed E-state index contributed by atoms with van der Waals surface area (Å²) in [5.74, 6) is -0.804. The first-order valence-electron chi connectivity index (χ1n) is 9.98. The fraction of sp³-hybridized carbons (Fsp3) is 0.292. The summed E-state index contributed by atoms with van der Waals surface area (Å²) in [7, 11) is 0. The Morgan fingerprint density at radius 3 is 2.52 bits per heavy atom. The van der Waals surface area contributed by atoms with Gasteiger partial charge in [-0.2, -0.15) is 0 Å². The smallest absolute Gasteiger partial charge is 0.339 e. The molecular weight excluding hydrogens is 364 g/mol. The van der Waals surface area contributed by atoms with Crippen LogP contribution in [0.1, 0.15) is 45.6 Å². The second-order valence-corrected chi connectivity index (χ2v) is 7.53. The SMILES string of the molecule is Cc1cccc(C)c1NC(=O)COC(=O)c1c2c(nc3ccccc13)CCCC2. The van der Waals surface area contributed by atoms with Crippen LogP contribution in [-0.4, -0.2) is 23.5 Å². The molecule has 148 valence electrons. The van der Waals surface area contributed by atoms with Crippen molar-refractivity contribution in [2.45, 2.75) is 39.5 Å². The van der Waals surface area contributed by atoms with E-state index in [1.165, 1.54) is 0 Å². The second-order valence-electron chi connectivity index (χ2n) is 7.53. The summed E-state index contributed by atoms with van der Waals surface area (Å²) in [6, 6.07) is 13.4. The van der Waals surface area contributed by atoms with E-state index in [9.17, 15) is 9.59 Å². The molecule has 1 aliphatic carbocycles. The number of hydrogen-bond donors (Lipinski definition) is 1. The van der Waals surface area contributed by atoms with E-state index in [4.69, 9.17) is 9.72 Å². The highest BCUT2D eigenvalue weighted by molar-refractivity contribution is 6.06. The van der Waals surface area contributed by atoms with Crippen LogP contribution in [0.25, 0.3) is 10.9 Å². The maximum atomic E-state index is 13.0. The number of benzene rings is 2. The topological polar surface area (TPSA) is 68.3 Å². The molecule has 5 nitrogen and oxygen atoms in total. The number of nitrogens with one attached hydrogen (secondary N) is 1. The summed E-state index contributed by atoms with van der Waals surface area (Å²) in [6.45, 7) is 3.55. The summed E-state index contributed by atoms with van der Waals surface area (Å²) < 4.78 is 5.44. The Bertz CT molecular complexity index is 1080. The van der Waals surface area contributed by atoms with Crippen molar-refractivity contribution in [1.29, 1.82) is 0 Å². The molecule has 0 radical (unpaired) electrons. The van der Waals surface area contributed by atoms with E-state index >= 15 is 0 Å². The average Bonchev–Trinajstić information content (AvgIpc) is 2.73. The molecule has 1 N–H and O–H groups in total. The highest BCUT2D eigenvalue weighted by Crippen LogP contribution is 2.29. The molecule has 1 aliphatic rings. The van der Waals surface area contributed by atoms with Crippen LogP contribution in [-0.2, 0) is 22.4 Å². The molecule has 0 saturated heterocycles. The Labute approximate surface area is 170 Å². The zero-order valence-corrected chi connectivity index (χ0v) is 16.7. The van der Waals surface area contributed by atoms with Gasteiger partial charge in [0.05, 0.1) is 11.1 Å². The second kappa shape index (κ2) is 8.03. The van der Waals surface area contributed by atoms with E-state index in [1.54, 1.807) is 0 Å². The van der Waals surface area contributed by atoms with Gasteiger partial charge in [-0.3, -0.25) is 9.78 Å². The highest BCUT2D eigenvalue weighted by atomic mass is 16.5. The maximum absolute atomic E-state index is 13.0. The van der Waals surface area contributed by atoms with E-state index in [1.807, 2.05) is 56.3 Å². The van der Waals surface area contributed by atoms with Crippen LogP contribution in [0.5, 0.6) is 0 Å². The third-order valence-corrected chi connectivity index (χ3v) is 5.45. The normalized spacial score (nSPS) is 13.0. The monoisotopic (exact) mass is 388 g/mol. The lowest BCUT2D eigenvalue weighted by molar-refractivity contribution is -0.119. The predicted molar refractivity (Wildman–Crippen MR) is 113 cm³/mol. The van der Waals surface area contributed by atoms with Crippen molar-refractivity contribution in [1.82, 2.24) is 4.98 Å². The summed E-state index contributed by atoms with van der Waals surface area (Å²) in [4.78, 5) is 30.1. The maximum Gasteiger partial charge on any atom is 0.339 e. The van der Waals surface area contributed by atoms with Gasteiger partial charge in [-0.25, -0.2) is 4.79 Å². The van der Waals surface area contributed by atoms with Crippen LogP contribution >= 0.6 is 0 Å². The van der Waals surface area contributed by atoms with Crippen molar-refractivity contribution in [2.24, 2.45) is 0 Å². The van der Waals surface area contributed by atoms with Gasteiger partial charge in [0.2, 0.25) is 0 Å². The molecule has 4 rings (SSSR count). The molecule has 2 aromatic carbocycles. The number of rotatable bonds is 4. The van der Waals surface area contributed by atoms with E-state index < -0.39 is 5.97 Å². The zero-order chi connectivity index (χ0) is 20.4. The summed E-state index contributed by atoms with van der Waals surface area (Å²) in [6.07, 6.45) is 3.78. The number of nitrogens with zero attached hydrogens (tertiary/aromatic N) is 1. The van der Waals surface area contributed by atoms with Crippen molar-refractivity contribution in [3.8, 4) is 0 Å². The number of carbonyl (C=O) groups excluding carboxylic acids is 2. The van der Waals surface area contributed by atoms with Crippen LogP contribution in [0.4, 0.5) is 5.69 Å². The van der Waals surface area contributed by atoms with Crippen molar-refractivity contribution in [3.63, 3.8) is 0 Å². The molecule has 1 aromatic heterocycles. The highest BCUT2D eigenvalue weighted by Gasteiger charge is 2.24. The van der Waals surface area contributed by atoms with Crippen LogP contribution in [0.3, 0.4) is 0 Å². The zero-order valence-electron chi connectivity index (χ0n) is 16.7. The molecule has 0 unspecified atom stereocenters. The molecule has 0 aliphatic heterocycles. The lowest BCUT2D eigenvalue weighted by Crippen LogP contribution is -2.23. The standard InChI is InChI=1S/C24H24N2O3/c1-15-8-7-9-16(2)23(15)26-21(27)14-29-24(28)22-17-10-3-5-12-19(17)25-20-13-6-4-11-18(20)22/h3,5,7-10,12H,4,6,11,13-14H2,1-2H3,(H,26,27). The molecule has 0 atom stereocenters. The van der Waals surface area contributed by atoms with Gasteiger partial charge >= 0.3 is 5.97 Å². The van der Waals surface area contributed by atoms with Gasteiger partial charge in [0.25, 0.3) is 5.91 Å². The first kappa shape index (κ1) is 19.1. The number of carbonyl (C=O) groups is 2. The quantitative estimate of drug-likeness (QED) is 0.667. The van der Waals surface area contributed by atoms with E-state index in [0.717, 1.165) is 64.7 Å². The van der Waals surface area contributed by atoms with E-state index in [0.29, 0.717) is 5.56 Å². The third kappa shape index (κ3) is 3.86. The number of amides is 1. The first-order chi connectivity index (χ1) is 14.0. The Kier molecular flexibility index (Phi) is 5.30. The van der Waals surface area contributed by atoms with Gasteiger partial charge in [0.1, 0.15) is 0 Å². The Balaban J connectivity index is 1.56. The van der Waals surface area contributed by atoms with Crippen LogP contribution in [0, 0.1) is 13.8 Å². The fourth-order valence-corrected chi connectivity index (χ4v) is 4.00. The largest absolute Gasteiger partial charge is 0.452 e. The molecule has 0 bridgehead atoms. The molecule has 5 heteroatoms. The molecule has 3 aromatic rings. The van der Waals surface area contributed by atoms with E-state index in [-0.39, 0.29) is 12.5 Å². The Morgan fingerprint density at radius 1 is 1.00 bits per heavy atom. The average molecular weight is 388 g/mol. The van der Waals surface area contributed by atoms with Gasteiger partial charge in [-0.15, -0.1) is 0 Å². The lowest BCUT2D eigenvalue weighted by Gasteiger charge is -2.20. The van der Waals surface area contributed by atoms with Gasteiger partial charge in [-0.05, 0) is 62.3 Å². The minimum absolute atomic E-state index is 0.321. The number of hydrogen-bond acceptors (Lipinski definition) is 4. The number of para-hydroxylation sites is 2. The van der Waals surface area contributed by atoms with E-state index in [2.05, 4.69) is 5.32 Å². The fourth-order valence-electron chi connectivity index (χ4n) is 4.00. The number of fused-ring (bicyclic) bond motifs is 2. The Hall–Kier alpha value is -3.21. The van der Waals surface area contributed by atoms with Crippen LogP contribution in [0.15, 0.2) is 42.5 Å². The first-order valence-corrected chi connectivity index (χ1v) is 9.98. The summed E-state index contributed by atoms with van der Waals surface area (Å²) in [5.41, 5.74) is 6.00. The molecule has 29 heavy (non-hydrogen) atoms. The van der Waals surface area contributed by atoms with Crippen molar-refractivity contribution >= 4 is 28.5 Å². The molecule has 1 amide bonds. The minimum Gasteiger partial charge on any atom is -0.452 e. The minimum atomic E-state index is -0.460. The molecule has 0 fully saturated rings.